The predicted molar refractivity (Wildman–Crippen MR) is 128 cm³/mol. The third kappa shape index (κ3) is 4.12. The van der Waals surface area contributed by atoms with Crippen LogP contribution in [0.1, 0.15) is 34.3 Å². The summed E-state index contributed by atoms with van der Waals surface area (Å²) >= 11 is 0. The van der Waals surface area contributed by atoms with Crippen LogP contribution in [-0.2, 0) is 22.7 Å². The van der Waals surface area contributed by atoms with Crippen molar-refractivity contribution in [2.75, 3.05) is 26.2 Å². The van der Waals surface area contributed by atoms with Crippen LogP contribution in [0, 0.1) is 17.7 Å². The summed E-state index contributed by atoms with van der Waals surface area (Å²) in [5, 5.41) is 11.5. The maximum absolute atomic E-state index is 15.6. The van der Waals surface area contributed by atoms with E-state index in [4.69, 9.17) is 0 Å². The number of aromatic nitrogens is 1. The van der Waals surface area contributed by atoms with Gasteiger partial charge in [-0.25, -0.2) is 9.18 Å². The number of rotatable bonds is 4. The summed E-state index contributed by atoms with van der Waals surface area (Å²) in [6, 6.07) is 6.01. The summed E-state index contributed by atoms with van der Waals surface area (Å²) in [6.07, 6.45) is 1.15. The molecule has 2 aromatic rings. The van der Waals surface area contributed by atoms with Gasteiger partial charge in [-0.05, 0) is 42.0 Å². The molecule has 3 saturated heterocycles. The molecule has 6 rings (SSSR count). The minimum atomic E-state index is -0.887. The molecule has 37 heavy (non-hydrogen) atoms. The number of amides is 4. The molecule has 0 spiro atoms. The lowest BCUT2D eigenvalue weighted by molar-refractivity contribution is -0.136. The molecule has 1 aromatic carbocycles. The zero-order chi connectivity index (χ0) is 25.8. The molecule has 4 aliphatic rings. The van der Waals surface area contributed by atoms with Crippen LogP contribution in [0.3, 0.4) is 0 Å². The Morgan fingerprint density at radius 1 is 1.11 bits per heavy atom. The Balaban J connectivity index is 1.18. The number of carbonyl (C=O) groups is 4. The van der Waals surface area contributed by atoms with E-state index in [-0.39, 0.29) is 48.7 Å². The molecule has 0 aliphatic carbocycles. The highest BCUT2D eigenvalue weighted by Gasteiger charge is 2.42. The van der Waals surface area contributed by atoms with E-state index in [1.165, 1.54) is 9.80 Å². The molecular weight excluding hydrogens is 481 g/mol. The minimum Gasteiger partial charge on any atom is -0.465 e. The Morgan fingerprint density at radius 2 is 1.86 bits per heavy atom. The van der Waals surface area contributed by atoms with Crippen molar-refractivity contribution in [1.82, 2.24) is 25.0 Å². The molecule has 1 aromatic heterocycles. The van der Waals surface area contributed by atoms with Crippen molar-refractivity contribution in [1.29, 1.82) is 0 Å². The highest BCUT2D eigenvalue weighted by Crippen LogP contribution is 2.34. The van der Waals surface area contributed by atoms with E-state index < -0.39 is 23.9 Å². The largest absolute Gasteiger partial charge is 0.465 e. The number of pyridine rings is 1. The molecule has 1 unspecified atom stereocenters. The van der Waals surface area contributed by atoms with Gasteiger partial charge in [0.05, 0.1) is 0 Å². The number of likely N-dealkylation sites (tertiary alicyclic amines) is 2. The molecule has 0 saturated carbocycles. The van der Waals surface area contributed by atoms with Crippen LogP contribution in [-0.4, -0.2) is 80.8 Å². The summed E-state index contributed by atoms with van der Waals surface area (Å²) in [7, 11) is 0. The van der Waals surface area contributed by atoms with Crippen LogP contribution in [0.5, 0.6) is 0 Å². The number of benzene rings is 1. The van der Waals surface area contributed by atoms with Gasteiger partial charge in [-0.3, -0.25) is 29.6 Å². The van der Waals surface area contributed by atoms with Gasteiger partial charge in [0.25, 0.3) is 5.91 Å². The monoisotopic (exact) mass is 507 g/mol. The maximum Gasteiger partial charge on any atom is 0.407 e. The van der Waals surface area contributed by atoms with E-state index >= 15 is 4.39 Å². The Morgan fingerprint density at radius 3 is 2.57 bits per heavy atom. The first-order chi connectivity index (χ1) is 17.8. The smallest absolute Gasteiger partial charge is 0.407 e. The van der Waals surface area contributed by atoms with Crippen LogP contribution in [0.15, 0.2) is 30.5 Å². The minimum absolute atomic E-state index is 0.181. The normalized spacial score (nSPS) is 25.4. The number of piperidine rings is 1. The zero-order valence-electron chi connectivity index (χ0n) is 20.0. The average Bonchev–Trinajstić information content (AvgIpc) is 3.52. The third-order valence-corrected chi connectivity index (χ3v) is 7.99. The van der Waals surface area contributed by atoms with Gasteiger partial charge in [-0.15, -0.1) is 0 Å². The van der Waals surface area contributed by atoms with Crippen LogP contribution < -0.4 is 5.32 Å². The number of imide groups is 1. The van der Waals surface area contributed by atoms with Crippen molar-refractivity contribution < 1.29 is 28.7 Å². The van der Waals surface area contributed by atoms with Gasteiger partial charge in [0, 0.05) is 68.6 Å². The number of nitrogens with zero attached hydrogens (tertiary/aromatic N) is 4. The summed E-state index contributed by atoms with van der Waals surface area (Å²) < 4.78 is 15.6. The molecule has 5 heterocycles. The van der Waals surface area contributed by atoms with Crippen LogP contribution in [0.4, 0.5) is 9.18 Å². The predicted octanol–water partition coefficient (Wildman–Crippen LogP) is 1.69. The summed E-state index contributed by atoms with van der Waals surface area (Å²) in [6.45, 7) is 3.10. The molecule has 4 amide bonds. The van der Waals surface area contributed by atoms with Gasteiger partial charge in [-0.1, -0.05) is 6.07 Å². The van der Waals surface area contributed by atoms with Gasteiger partial charge in [0.15, 0.2) is 5.82 Å². The van der Waals surface area contributed by atoms with Crippen molar-refractivity contribution >= 4 is 23.8 Å². The number of hydrogen-bond donors (Lipinski definition) is 2. The molecule has 0 radical (unpaired) electrons. The molecule has 10 nitrogen and oxygen atoms in total. The lowest BCUT2D eigenvalue weighted by Crippen LogP contribution is -2.52. The number of halogens is 1. The van der Waals surface area contributed by atoms with Gasteiger partial charge in [-0.2, -0.15) is 0 Å². The lowest BCUT2D eigenvalue weighted by atomic mass is 10.0. The summed E-state index contributed by atoms with van der Waals surface area (Å²) in [4.78, 5) is 57.3. The van der Waals surface area contributed by atoms with Crippen LogP contribution in [0.25, 0.3) is 11.3 Å². The number of carbonyl (C=O) groups excluding carboxylic acids is 3. The average molecular weight is 508 g/mol. The maximum atomic E-state index is 15.6. The topological polar surface area (TPSA) is 123 Å². The van der Waals surface area contributed by atoms with Gasteiger partial charge < -0.3 is 14.9 Å². The SMILES string of the molecule is O=C1CCC(N2Cc3cc(-c4nccc(CN5C[C@@H]6CN(C(=O)O)C[C@@H]6C5)c4F)ccc3C2=O)C(=O)N1. The highest BCUT2D eigenvalue weighted by molar-refractivity contribution is 6.05. The van der Waals surface area contributed by atoms with E-state index in [0.29, 0.717) is 41.9 Å². The first-order valence-electron chi connectivity index (χ1n) is 12.4. The summed E-state index contributed by atoms with van der Waals surface area (Å²) in [5.74, 6) is -0.977. The third-order valence-electron chi connectivity index (χ3n) is 7.99. The summed E-state index contributed by atoms with van der Waals surface area (Å²) in [5.41, 5.74) is 2.41. The molecule has 3 atom stereocenters. The van der Waals surface area contributed by atoms with Crippen LogP contribution in [0.2, 0.25) is 0 Å². The molecule has 3 fully saturated rings. The standard InChI is InChI=1S/C26H26FN5O5/c27-22-15(8-30-9-17-11-31(26(36)37)12-18(17)10-30)5-6-28-23(22)14-1-2-19-16(7-14)13-32(25(19)35)20-3-4-21(33)29-24(20)34/h1-2,5-7,17-18,20H,3-4,8-13H2,(H,36,37)(H,29,33,34)/t17-,18+,20?. The second-order valence-electron chi connectivity index (χ2n) is 10.3. The first-order valence-corrected chi connectivity index (χ1v) is 12.4. The zero-order valence-corrected chi connectivity index (χ0v) is 20.0. The Hall–Kier alpha value is -3.86. The van der Waals surface area contributed by atoms with E-state index in [1.54, 1.807) is 30.5 Å². The molecule has 192 valence electrons. The molecule has 2 N–H and O–H groups in total. The van der Waals surface area contributed by atoms with Crippen molar-refractivity contribution in [3.8, 4) is 11.3 Å². The van der Waals surface area contributed by atoms with Crippen molar-refractivity contribution in [2.45, 2.75) is 32.0 Å². The highest BCUT2D eigenvalue weighted by atomic mass is 19.1. The molecule has 4 aliphatic heterocycles. The second kappa shape index (κ2) is 8.91. The Labute approximate surface area is 212 Å². The van der Waals surface area contributed by atoms with Crippen molar-refractivity contribution in [2.24, 2.45) is 11.8 Å². The van der Waals surface area contributed by atoms with E-state index in [2.05, 4.69) is 15.2 Å². The fraction of sp³-hybridized carbons (Fsp3) is 0.423. The fourth-order valence-corrected chi connectivity index (χ4v) is 6.15. The number of nitrogens with one attached hydrogen (secondary N) is 1. The van der Waals surface area contributed by atoms with E-state index in [1.807, 2.05) is 0 Å². The first kappa shape index (κ1) is 23.5. The van der Waals surface area contributed by atoms with Gasteiger partial charge in [0.2, 0.25) is 11.8 Å². The Kier molecular flexibility index (Phi) is 5.67. The number of fused-ring (bicyclic) bond motifs is 2. The van der Waals surface area contributed by atoms with Crippen molar-refractivity contribution in [3.63, 3.8) is 0 Å². The lowest BCUT2D eigenvalue weighted by Gasteiger charge is -2.29. The fourth-order valence-electron chi connectivity index (χ4n) is 6.15. The van der Waals surface area contributed by atoms with Crippen LogP contribution >= 0.6 is 0 Å². The number of hydrogen-bond acceptors (Lipinski definition) is 6. The quantitative estimate of drug-likeness (QED) is 0.604. The molecular formula is C26H26FN5O5. The number of carboxylic acid groups (broad SMARTS) is 1. The van der Waals surface area contributed by atoms with Gasteiger partial charge in [0.1, 0.15) is 11.7 Å². The van der Waals surface area contributed by atoms with Crippen molar-refractivity contribution in [3.05, 3.63) is 53.0 Å². The Bertz CT molecular complexity index is 1320. The second-order valence-corrected chi connectivity index (χ2v) is 10.3. The van der Waals surface area contributed by atoms with Gasteiger partial charge >= 0.3 is 6.09 Å². The molecule has 11 heteroatoms. The van der Waals surface area contributed by atoms with E-state index in [9.17, 15) is 24.3 Å². The molecule has 0 bridgehead atoms. The van der Waals surface area contributed by atoms with E-state index in [0.717, 1.165) is 13.1 Å².